The second kappa shape index (κ2) is 5.23. The molecule has 1 aromatic carbocycles. The van der Waals surface area contributed by atoms with E-state index in [1.807, 2.05) is 22.6 Å². The quantitative estimate of drug-likeness (QED) is 0.852. The molecule has 0 saturated heterocycles. The predicted octanol–water partition coefficient (Wildman–Crippen LogP) is 2.13. The zero-order chi connectivity index (χ0) is 10.6. The van der Waals surface area contributed by atoms with E-state index in [4.69, 9.17) is 0 Å². The molecule has 14 heavy (non-hydrogen) atoms. The molecule has 0 aliphatic heterocycles. The van der Waals surface area contributed by atoms with E-state index >= 15 is 0 Å². The summed E-state index contributed by atoms with van der Waals surface area (Å²) in [6.07, 6.45) is 0. The van der Waals surface area contributed by atoms with Crippen LogP contribution in [0.4, 0.5) is 8.78 Å². The Hall–Kier alpha value is -0.720. The molecule has 76 valence electrons. The van der Waals surface area contributed by atoms with Gasteiger partial charge in [0.05, 0.1) is 0 Å². The highest BCUT2D eigenvalue weighted by molar-refractivity contribution is 14.1. The first-order valence-electron chi connectivity index (χ1n) is 3.94. The van der Waals surface area contributed by atoms with Crippen molar-refractivity contribution < 1.29 is 13.6 Å². The lowest BCUT2D eigenvalue weighted by atomic mass is 10.2. The number of halogens is 3. The Balaban J connectivity index is 2.76. The highest BCUT2D eigenvalue weighted by Gasteiger charge is 2.07. The van der Waals surface area contributed by atoms with Gasteiger partial charge in [-0.15, -0.1) is 0 Å². The molecular weight excluding hydrogens is 303 g/mol. The number of rotatable bonds is 3. The van der Waals surface area contributed by atoms with Gasteiger partial charge in [-0.2, -0.15) is 0 Å². The Kier molecular flexibility index (Phi) is 4.24. The third-order valence-electron chi connectivity index (χ3n) is 1.56. The maximum atomic E-state index is 13.0. The molecule has 0 heterocycles. The molecule has 0 spiro atoms. The van der Waals surface area contributed by atoms with Crippen molar-refractivity contribution in [2.75, 3.05) is 13.2 Å². The fraction of sp³-hybridized carbons (Fsp3) is 0.222. The Bertz CT molecular complexity index is 344. The minimum atomic E-state index is -0.626. The molecule has 0 radical (unpaired) electrons. The summed E-state index contributed by atoms with van der Waals surface area (Å²) in [6.45, 7) is -0.676. The summed E-state index contributed by atoms with van der Waals surface area (Å²) in [4.78, 5) is 11.2. The number of benzene rings is 1. The monoisotopic (exact) mass is 311 g/mol. The van der Waals surface area contributed by atoms with Crippen molar-refractivity contribution in [3.05, 3.63) is 33.1 Å². The molecule has 1 aromatic rings. The van der Waals surface area contributed by atoms with Crippen molar-refractivity contribution in [2.45, 2.75) is 0 Å². The lowest BCUT2D eigenvalue weighted by molar-refractivity contribution is 0.0950. The molecule has 1 N–H and O–H groups in total. The summed E-state index contributed by atoms with van der Waals surface area (Å²) in [7, 11) is 0. The van der Waals surface area contributed by atoms with Crippen molar-refractivity contribution in [3.63, 3.8) is 0 Å². The summed E-state index contributed by atoms with van der Waals surface area (Å²) >= 11 is 1.83. The van der Waals surface area contributed by atoms with E-state index in [0.717, 1.165) is 6.07 Å². The topological polar surface area (TPSA) is 29.1 Å². The van der Waals surface area contributed by atoms with Crippen LogP contribution in [0.5, 0.6) is 0 Å². The number of carbonyl (C=O) groups excluding carboxylic acids is 1. The summed E-state index contributed by atoms with van der Waals surface area (Å²) in [5, 5.41) is 2.31. The molecule has 2 nitrogen and oxygen atoms in total. The Morgan fingerprint density at radius 2 is 2.21 bits per heavy atom. The van der Waals surface area contributed by atoms with E-state index in [1.54, 1.807) is 0 Å². The molecular formula is C9H8F2INO. The van der Waals surface area contributed by atoms with E-state index in [-0.39, 0.29) is 12.1 Å². The summed E-state index contributed by atoms with van der Waals surface area (Å²) < 4.78 is 25.2. The van der Waals surface area contributed by atoms with Crippen molar-refractivity contribution in [2.24, 2.45) is 0 Å². The van der Waals surface area contributed by atoms with Gasteiger partial charge < -0.3 is 5.32 Å². The van der Waals surface area contributed by atoms with Crippen LogP contribution in [0.3, 0.4) is 0 Å². The second-order valence-electron chi connectivity index (χ2n) is 2.57. The fourth-order valence-corrected chi connectivity index (χ4v) is 1.24. The first kappa shape index (κ1) is 11.4. The van der Waals surface area contributed by atoms with Crippen LogP contribution < -0.4 is 5.32 Å². The average Bonchev–Trinajstić information content (AvgIpc) is 2.18. The standard InChI is InChI=1S/C9H8F2INO/c10-3-4-13-9(14)6-1-2-8(12)7(11)5-6/h1-2,5H,3-4H2,(H,13,14). The highest BCUT2D eigenvalue weighted by atomic mass is 127. The van der Waals surface area contributed by atoms with Crippen molar-refractivity contribution in [1.29, 1.82) is 0 Å². The van der Waals surface area contributed by atoms with Gasteiger partial charge in [-0.05, 0) is 40.8 Å². The van der Waals surface area contributed by atoms with Crippen molar-refractivity contribution in [3.8, 4) is 0 Å². The molecule has 0 unspecified atom stereocenters. The van der Waals surface area contributed by atoms with Crippen molar-refractivity contribution >= 4 is 28.5 Å². The van der Waals surface area contributed by atoms with E-state index in [0.29, 0.717) is 3.57 Å². The van der Waals surface area contributed by atoms with Gasteiger partial charge in [0, 0.05) is 15.7 Å². The molecule has 0 fully saturated rings. The Labute approximate surface area is 93.8 Å². The zero-order valence-electron chi connectivity index (χ0n) is 7.19. The van der Waals surface area contributed by atoms with E-state index in [2.05, 4.69) is 5.32 Å². The molecule has 1 amide bonds. The number of hydrogen-bond acceptors (Lipinski definition) is 1. The highest BCUT2D eigenvalue weighted by Crippen LogP contribution is 2.12. The maximum absolute atomic E-state index is 13.0. The zero-order valence-corrected chi connectivity index (χ0v) is 9.35. The van der Waals surface area contributed by atoms with Crippen LogP contribution in [-0.2, 0) is 0 Å². The Morgan fingerprint density at radius 3 is 2.79 bits per heavy atom. The van der Waals surface area contributed by atoms with Gasteiger partial charge in [-0.25, -0.2) is 8.78 Å². The lowest BCUT2D eigenvalue weighted by Crippen LogP contribution is -2.25. The van der Waals surface area contributed by atoms with Gasteiger partial charge in [0.2, 0.25) is 0 Å². The van der Waals surface area contributed by atoms with Gasteiger partial charge >= 0.3 is 0 Å². The van der Waals surface area contributed by atoms with E-state index in [9.17, 15) is 13.6 Å². The molecule has 0 aliphatic carbocycles. The molecule has 0 aromatic heterocycles. The Morgan fingerprint density at radius 1 is 1.50 bits per heavy atom. The molecule has 0 saturated carbocycles. The average molecular weight is 311 g/mol. The van der Waals surface area contributed by atoms with Gasteiger partial charge in [-0.1, -0.05) is 0 Å². The number of carbonyl (C=O) groups is 1. The molecule has 0 bridgehead atoms. The first-order chi connectivity index (χ1) is 6.65. The normalized spacial score (nSPS) is 9.93. The smallest absolute Gasteiger partial charge is 0.251 e. The summed E-state index contributed by atoms with van der Waals surface area (Å²) in [6, 6.07) is 4.13. The van der Waals surface area contributed by atoms with Gasteiger partial charge in [0.25, 0.3) is 5.91 Å². The first-order valence-corrected chi connectivity index (χ1v) is 5.02. The molecule has 0 atom stereocenters. The van der Waals surface area contributed by atoms with Crippen LogP contribution in [0.2, 0.25) is 0 Å². The second-order valence-corrected chi connectivity index (χ2v) is 3.74. The maximum Gasteiger partial charge on any atom is 0.251 e. The van der Waals surface area contributed by atoms with Crippen molar-refractivity contribution in [1.82, 2.24) is 5.32 Å². The minimum absolute atomic E-state index is 0.0492. The number of amides is 1. The van der Waals surface area contributed by atoms with Crippen LogP contribution >= 0.6 is 22.6 Å². The van der Waals surface area contributed by atoms with Crippen LogP contribution in [0, 0.1) is 9.39 Å². The number of hydrogen-bond donors (Lipinski definition) is 1. The van der Waals surface area contributed by atoms with E-state index < -0.39 is 18.4 Å². The SMILES string of the molecule is O=C(NCCF)c1ccc(I)c(F)c1. The minimum Gasteiger partial charge on any atom is -0.349 e. The van der Waals surface area contributed by atoms with Gasteiger partial charge in [0.1, 0.15) is 12.5 Å². The third-order valence-corrected chi connectivity index (χ3v) is 2.44. The van der Waals surface area contributed by atoms with Crippen LogP contribution in [0.25, 0.3) is 0 Å². The third kappa shape index (κ3) is 2.90. The number of nitrogens with one attached hydrogen (secondary N) is 1. The van der Waals surface area contributed by atoms with E-state index in [1.165, 1.54) is 12.1 Å². The van der Waals surface area contributed by atoms with Crippen LogP contribution in [0.1, 0.15) is 10.4 Å². The fourth-order valence-electron chi connectivity index (χ4n) is 0.900. The predicted molar refractivity (Wildman–Crippen MR) is 57.4 cm³/mol. The van der Waals surface area contributed by atoms with Gasteiger partial charge in [-0.3, -0.25) is 4.79 Å². The summed E-state index contributed by atoms with van der Waals surface area (Å²) in [5.41, 5.74) is 0.205. The van der Waals surface area contributed by atoms with Crippen LogP contribution in [-0.4, -0.2) is 19.1 Å². The molecule has 0 aliphatic rings. The number of alkyl halides is 1. The van der Waals surface area contributed by atoms with Crippen LogP contribution in [0.15, 0.2) is 18.2 Å². The largest absolute Gasteiger partial charge is 0.349 e. The summed E-state index contributed by atoms with van der Waals surface area (Å²) in [5.74, 6) is -0.906. The molecule has 1 rings (SSSR count). The van der Waals surface area contributed by atoms with Gasteiger partial charge in [0.15, 0.2) is 0 Å². The lowest BCUT2D eigenvalue weighted by Gasteiger charge is -2.03. The molecule has 5 heteroatoms.